The molecular weight excluding hydrogens is 725 g/mol. The van der Waals surface area contributed by atoms with Gasteiger partial charge in [-0.3, -0.25) is 0 Å². The molecule has 0 amide bonds. The van der Waals surface area contributed by atoms with E-state index in [0.717, 1.165) is 0 Å². The van der Waals surface area contributed by atoms with Gasteiger partial charge in [0, 0.05) is 38.6 Å². The summed E-state index contributed by atoms with van der Waals surface area (Å²) in [6.07, 6.45) is 74.5. The summed E-state index contributed by atoms with van der Waals surface area (Å²) in [5, 5.41) is 0. The van der Waals surface area contributed by atoms with Gasteiger partial charge in [-0.2, -0.15) is 0 Å². The van der Waals surface area contributed by atoms with Crippen molar-refractivity contribution in [2.75, 3.05) is 26.2 Å². The van der Waals surface area contributed by atoms with Gasteiger partial charge in [0.1, 0.15) is 0 Å². The molecule has 0 aliphatic carbocycles. The Kier molecular flexibility index (Phi) is 53.9. The third kappa shape index (κ3) is 50.0. The van der Waals surface area contributed by atoms with Crippen molar-refractivity contribution < 1.29 is 0 Å². The Morgan fingerprint density at radius 1 is 0.167 bits per heavy atom. The van der Waals surface area contributed by atoms with Gasteiger partial charge in [0.15, 0.2) is 0 Å². The maximum atomic E-state index is 2.69. The van der Waals surface area contributed by atoms with Gasteiger partial charge in [-0.1, -0.05) is 310 Å². The molecule has 60 heavy (non-hydrogen) atoms. The second kappa shape index (κ2) is 54.5. The molecule has 0 unspecified atom stereocenters. The zero-order valence-electron chi connectivity index (χ0n) is 42.8. The van der Waals surface area contributed by atoms with Crippen molar-refractivity contribution >= 4 is 0 Å². The Balaban J connectivity index is 3.92. The first-order chi connectivity index (χ1) is 29.8. The quantitative estimate of drug-likeness (QED) is 0.0563. The first-order valence-electron chi connectivity index (χ1n) is 28.9. The van der Waals surface area contributed by atoms with Gasteiger partial charge in [0.2, 0.25) is 0 Å². The van der Waals surface area contributed by atoms with Crippen LogP contribution in [0.2, 0.25) is 0 Å². The topological polar surface area (TPSA) is 6.48 Å². The van der Waals surface area contributed by atoms with Crippen molar-refractivity contribution in [2.24, 2.45) is 0 Å². The molecule has 0 N–H and O–H groups in total. The summed E-state index contributed by atoms with van der Waals surface area (Å²) < 4.78 is 0. The lowest BCUT2D eigenvalue weighted by molar-refractivity contribution is 0.322. The highest BCUT2D eigenvalue weighted by atomic mass is 15.1. The molecular formula is C58H118N2. The van der Waals surface area contributed by atoms with Crippen LogP contribution in [-0.4, -0.2) is 36.0 Å². The van der Waals surface area contributed by atoms with Gasteiger partial charge in [0.25, 0.3) is 0 Å². The van der Waals surface area contributed by atoms with Crippen molar-refractivity contribution in [2.45, 2.75) is 336 Å². The zero-order valence-corrected chi connectivity index (χ0v) is 42.8. The Bertz CT molecular complexity index is 706. The van der Waals surface area contributed by atoms with E-state index in [9.17, 15) is 0 Å². The van der Waals surface area contributed by atoms with Gasteiger partial charge in [-0.25, -0.2) is 0 Å². The highest BCUT2D eigenvalue weighted by Crippen LogP contribution is 2.18. The van der Waals surface area contributed by atoms with Gasteiger partial charge < -0.3 is 9.80 Å². The lowest BCUT2D eigenvalue weighted by Crippen LogP contribution is -2.24. The molecule has 0 bridgehead atoms. The number of rotatable bonds is 54. The first-order valence-corrected chi connectivity index (χ1v) is 28.9. The van der Waals surface area contributed by atoms with Crippen molar-refractivity contribution in [3.8, 4) is 0 Å². The minimum Gasteiger partial charge on any atom is -0.376 e. The highest BCUT2D eigenvalue weighted by molar-refractivity contribution is 4.83. The molecule has 0 fully saturated rings. The summed E-state index contributed by atoms with van der Waals surface area (Å²) in [4.78, 5) is 5.30. The Morgan fingerprint density at radius 3 is 0.467 bits per heavy atom. The molecule has 0 spiro atoms. The molecule has 0 aromatic rings. The maximum absolute atomic E-state index is 2.69. The van der Waals surface area contributed by atoms with E-state index in [1.54, 1.807) is 0 Å². The van der Waals surface area contributed by atoms with Crippen molar-refractivity contribution in [3.63, 3.8) is 0 Å². The molecule has 0 aromatic heterocycles. The molecule has 0 saturated heterocycles. The van der Waals surface area contributed by atoms with E-state index < -0.39 is 0 Å². The van der Waals surface area contributed by atoms with Crippen LogP contribution in [0.15, 0.2) is 12.4 Å². The predicted octanol–water partition coefficient (Wildman–Crippen LogP) is 20.9. The van der Waals surface area contributed by atoms with E-state index in [0.29, 0.717) is 0 Å². The standard InChI is InChI=1S/C58H118N2/c1-5-9-13-15-17-19-21-23-25-27-29-31-33-35-37-39-41-43-45-47-49-51-55-60(58-57-59(53-11-7-3)54-12-8-4)56-52-50-48-46-44-42-40-38-36-34-32-30-28-26-24-22-20-18-16-14-10-6-2/h57-58H,5-56H2,1-4H3. The smallest absolute Gasteiger partial charge is 0.0173 e. The van der Waals surface area contributed by atoms with Crippen molar-refractivity contribution in [1.29, 1.82) is 0 Å². The summed E-state index contributed by atoms with van der Waals surface area (Å²) in [5.41, 5.74) is 0. The lowest BCUT2D eigenvalue weighted by atomic mass is 10.0. The van der Waals surface area contributed by atoms with Gasteiger partial charge in [-0.15, -0.1) is 0 Å². The highest BCUT2D eigenvalue weighted by Gasteiger charge is 2.04. The molecule has 0 atom stereocenters. The average Bonchev–Trinajstić information content (AvgIpc) is 3.26. The zero-order chi connectivity index (χ0) is 43.3. The second-order valence-corrected chi connectivity index (χ2v) is 19.9. The van der Waals surface area contributed by atoms with Crippen LogP contribution >= 0.6 is 0 Å². The summed E-state index contributed by atoms with van der Waals surface area (Å²) in [5.74, 6) is 0. The molecule has 2 heteroatoms. The molecule has 0 aromatic carbocycles. The predicted molar refractivity (Wildman–Crippen MR) is 277 cm³/mol. The molecule has 360 valence electrons. The third-order valence-electron chi connectivity index (χ3n) is 13.7. The minimum absolute atomic E-state index is 1.22. The summed E-state index contributed by atoms with van der Waals surface area (Å²) in [6.45, 7) is 14.2. The molecule has 0 aliphatic rings. The largest absolute Gasteiger partial charge is 0.376 e. The lowest BCUT2D eigenvalue weighted by Gasteiger charge is -2.24. The van der Waals surface area contributed by atoms with Crippen LogP contribution in [0.1, 0.15) is 336 Å². The fraction of sp³-hybridized carbons (Fsp3) is 0.966. The van der Waals surface area contributed by atoms with Crippen LogP contribution in [0, 0.1) is 0 Å². The van der Waals surface area contributed by atoms with Crippen LogP contribution in [0.3, 0.4) is 0 Å². The molecule has 0 rings (SSSR count). The van der Waals surface area contributed by atoms with Crippen LogP contribution in [0.5, 0.6) is 0 Å². The van der Waals surface area contributed by atoms with Crippen molar-refractivity contribution in [3.05, 3.63) is 12.4 Å². The van der Waals surface area contributed by atoms with E-state index >= 15 is 0 Å². The second-order valence-electron chi connectivity index (χ2n) is 19.9. The van der Waals surface area contributed by atoms with E-state index in [4.69, 9.17) is 0 Å². The molecule has 0 saturated carbocycles. The Labute approximate surface area is 382 Å². The molecule has 0 radical (unpaired) electrons. The summed E-state index contributed by atoms with van der Waals surface area (Å²) in [7, 11) is 0. The van der Waals surface area contributed by atoms with Crippen molar-refractivity contribution in [1.82, 2.24) is 9.80 Å². The van der Waals surface area contributed by atoms with E-state index in [1.807, 2.05) is 0 Å². The van der Waals surface area contributed by atoms with Gasteiger partial charge in [-0.05, 0) is 25.7 Å². The summed E-state index contributed by atoms with van der Waals surface area (Å²) in [6, 6.07) is 0. The molecule has 0 heterocycles. The monoisotopic (exact) mass is 843 g/mol. The van der Waals surface area contributed by atoms with Crippen LogP contribution in [0.4, 0.5) is 0 Å². The minimum atomic E-state index is 1.22. The SMILES string of the molecule is CCCCCCCCCCCCCCCCCCCCCCCCN(C=CN(CCCC)CCCC)CCCCCCCCCCCCCCCCCCCCCCCC. The normalized spacial score (nSPS) is 11.7. The number of unbranched alkanes of at least 4 members (excludes halogenated alkanes) is 44. The first kappa shape index (κ1) is 59.3. The maximum Gasteiger partial charge on any atom is 0.0173 e. The summed E-state index contributed by atoms with van der Waals surface area (Å²) >= 11 is 0. The van der Waals surface area contributed by atoms with Crippen LogP contribution in [-0.2, 0) is 0 Å². The van der Waals surface area contributed by atoms with Crippen LogP contribution in [0.25, 0.3) is 0 Å². The van der Waals surface area contributed by atoms with E-state index in [1.165, 1.54) is 334 Å². The van der Waals surface area contributed by atoms with E-state index in [2.05, 4.69) is 49.9 Å². The fourth-order valence-electron chi connectivity index (χ4n) is 9.28. The van der Waals surface area contributed by atoms with Crippen LogP contribution < -0.4 is 0 Å². The number of hydrogen-bond acceptors (Lipinski definition) is 2. The molecule has 0 aliphatic heterocycles. The Hall–Kier alpha value is -0.660. The third-order valence-corrected chi connectivity index (χ3v) is 13.7. The van der Waals surface area contributed by atoms with Gasteiger partial charge >= 0.3 is 0 Å². The van der Waals surface area contributed by atoms with Gasteiger partial charge in [0.05, 0.1) is 0 Å². The van der Waals surface area contributed by atoms with E-state index in [-0.39, 0.29) is 0 Å². The fourth-order valence-corrected chi connectivity index (χ4v) is 9.28. The average molecular weight is 844 g/mol. The molecule has 2 nitrogen and oxygen atoms in total. The Morgan fingerprint density at radius 2 is 0.300 bits per heavy atom. The number of nitrogens with zero attached hydrogens (tertiary/aromatic N) is 2. The number of hydrogen-bond donors (Lipinski definition) is 0.